The molecule has 0 aliphatic rings. The number of rotatable bonds is 4. The summed E-state index contributed by atoms with van der Waals surface area (Å²) in [6, 6.07) is 4.40. The first-order valence-electron chi connectivity index (χ1n) is 6.42. The van der Waals surface area contributed by atoms with Gasteiger partial charge in [-0.2, -0.15) is 0 Å². The number of carbonyl (C=O) groups excluding carboxylic acids is 1. The molecule has 0 fully saturated rings. The molecule has 1 aromatic heterocycles. The Morgan fingerprint density at radius 3 is 2.67 bits per heavy atom. The highest BCUT2D eigenvalue weighted by atomic mass is 32.1. The zero-order chi connectivity index (χ0) is 15.8. The van der Waals surface area contributed by atoms with E-state index in [9.17, 15) is 14.0 Å². The highest BCUT2D eigenvalue weighted by Crippen LogP contribution is 2.31. The highest BCUT2D eigenvalue weighted by Gasteiger charge is 2.28. The molecule has 0 radical (unpaired) electrons. The second-order valence-electron chi connectivity index (χ2n) is 5.57. The van der Waals surface area contributed by atoms with Crippen LogP contribution < -0.4 is 5.32 Å². The fourth-order valence-corrected chi connectivity index (χ4v) is 2.97. The summed E-state index contributed by atoms with van der Waals surface area (Å²) in [5, 5.41) is 12.4. The van der Waals surface area contributed by atoms with Crippen LogP contribution in [-0.2, 0) is 4.79 Å². The standard InChI is InChI=1S/C15H16FNO3S/c1-8-10-6-9(16)4-5-11(10)21-12(8)13(18)17-7-15(2,3)14(19)20/h4-6H,7H2,1-3H3,(H,17,18)(H,19,20). The van der Waals surface area contributed by atoms with Gasteiger partial charge < -0.3 is 10.4 Å². The van der Waals surface area contributed by atoms with Gasteiger partial charge >= 0.3 is 5.97 Å². The Balaban J connectivity index is 2.24. The van der Waals surface area contributed by atoms with Gasteiger partial charge in [0.1, 0.15) is 5.82 Å². The largest absolute Gasteiger partial charge is 0.481 e. The molecule has 0 atom stereocenters. The SMILES string of the molecule is Cc1c(C(=O)NCC(C)(C)C(=O)O)sc2ccc(F)cc12. The third kappa shape index (κ3) is 3.05. The summed E-state index contributed by atoms with van der Waals surface area (Å²) in [4.78, 5) is 23.7. The maximum Gasteiger partial charge on any atom is 0.310 e. The number of thiophene rings is 1. The average Bonchev–Trinajstić information content (AvgIpc) is 2.73. The molecule has 1 amide bonds. The molecule has 0 saturated heterocycles. The second-order valence-corrected chi connectivity index (χ2v) is 6.62. The van der Waals surface area contributed by atoms with Gasteiger partial charge in [0.15, 0.2) is 0 Å². The summed E-state index contributed by atoms with van der Waals surface area (Å²) in [6.07, 6.45) is 0. The topological polar surface area (TPSA) is 66.4 Å². The molecule has 112 valence electrons. The minimum absolute atomic E-state index is 0.0310. The van der Waals surface area contributed by atoms with Crippen molar-refractivity contribution >= 4 is 33.3 Å². The summed E-state index contributed by atoms with van der Waals surface area (Å²) in [7, 11) is 0. The molecule has 6 heteroatoms. The van der Waals surface area contributed by atoms with Crippen LogP contribution in [0.15, 0.2) is 18.2 Å². The fraction of sp³-hybridized carbons (Fsp3) is 0.333. The molecule has 0 saturated carbocycles. The van der Waals surface area contributed by atoms with Gasteiger partial charge in [-0.05, 0) is 49.9 Å². The van der Waals surface area contributed by atoms with E-state index in [4.69, 9.17) is 5.11 Å². The first-order valence-corrected chi connectivity index (χ1v) is 7.24. The van der Waals surface area contributed by atoms with Crippen LogP contribution in [0.4, 0.5) is 4.39 Å². The molecule has 21 heavy (non-hydrogen) atoms. The van der Waals surface area contributed by atoms with Crippen molar-refractivity contribution in [2.45, 2.75) is 20.8 Å². The number of benzene rings is 1. The summed E-state index contributed by atoms with van der Waals surface area (Å²) >= 11 is 1.27. The molecule has 0 aliphatic carbocycles. The van der Waals surface area contributed by atoms with Crippen LogP contribution in [0, 0.1) is 18.2 Å². The lowest BCUT2D eigenvalue weighted by Crippen LogP contribution is -2.38. The average molecular weight is 309 g/mol. The Kier molecular flexibility index (Phi) is 4.00. The molecule has 0 bridgehead atoms. The van der Waals surface area contributed by atoms with Crippen molar-refractivity contribution in [2.75, 3.05) is 6.54 Å². The maximum absolute atomic E-state index is 13.3. The van der Waals surface area contributed by atoms with Gasteiger partial charge in [-0.15, -0.1) is 11.3 Å². The predicted molar refractivity (Wildman–Crippen MR) is 80.3 cm³/mol. The second kappa shape index (κ2) is 5.44. The van der Waals surface area contributed by atoms with E-state index in [1.54, 1.807) is 26.8 Å². The van der Waals surface area contributed by atoms with Crippen LogP contribution in [-0.4, -0.2) is 23.5 Å². The minimum Gasteiger partial charge on any atom is -0.481 e. The van der Waals surface area contributed by atoms with Gasteiger partial charge in [0.05, 0.1) is 10.3 Å². The van der Waals surface area contributed by atoms with E-state index in [2.05, 4.69) is 5.32 Å². The normalized spacial score (nSPS) is 11.6. The van der Waals surface area contributed by atoms with Crippen LogP contribution in [0.25, 0.3) is 10.1 Å². The van der Waals surface area contributed by atoms with E-state index in [0.29, 0.717) is 15.8 Å². The zero-order valence-corrected chi connectivity index (χ0v) is 12.8. The van der Waals surface area contributed by atoms with Crippen molar-refractivity contribution in [1.82, 2.24) is 5.32 Å². The lowest BCUT2D eigenvalue weighted by molar-refractivity contribution is -0.146. The number of hydrogen-bond donors (Lipinski definition) is 2. The Morgan fingerprint density at radius 1 is 1.38 bits per heavy atom. The van der Waals surface area contributed by atoms with Gasteiger partial charge in [-0.3, -0.25) is 9.59 Å². The van der Waals surface area contributed by atoms with Crippen molar-refractivity contribution in [1.29, 1.82) is 0 Å². The van der Waals surface area contributed by atoms with Crippen LogP contribution in [0.2, 0.25) is 0 Å². The van der Waals surface area contributed by atoms with E-state index in [1.165, 1.54) is 23.5 Å². The molecular formula is C15H16FNO3S. The van der Waals surface area contributed by atoms with Crippen molar-refractivity contribution in [3.8, 4) is 0 Å². The number of carboxylic acid groups (broad SMARTS) is 1. The van der Waals surface area contributed by atoms with Gasteiger partial charge in [-0.1, -0.05) is 0 Å². The van der Waals surface area contributed by atoms with E-state index in [-0.39, 0.29) is 18.3 Å². The molecule has 2 N–H and O–H groups in total. The number of carboxylic acids is 1. The molecule has 1 aromatic carbocycles. The Bertz CT molecular complexity index is 721. The molecule has 0 unspecified atom stereocenters. The van der Waals surface area contributed by atoms with Crippen molar-refractivity contribution in [3.63, 3.8) is 0 Å². The number of halogens is 1. The number of nitrogens with one attached hydrogen (secondary N) is 1. The van der Waals surface area contributed by atoms with E-state index < -0.39 is 11.4 Å². The molecule has 0 aliphatic heterocycles. The summed E-state index contributed by atoms with van der Waals surface area (Å²) in [6.45, 7) is 4.88. The van der Waals surface area contributed by atoms with E-state index in [0.717, 1.165) is 4.70 Å². The lowest BCUT2D eigenvalue weighted by atomic mass is 9.94. The predicted octanol–water partition coefficient (Wildman–Crippen LogP) is 3.19. The molecule has 4 nitrogen and oxygen atoms in total. The number of hydrogen-bond acceptors (Lipinski definition) is 3. The fourth-order valence-electron chi connectivity index (χ4n) is 1.87. The maximum atomic E-state index is 13.3. The van der Waals surface area contributed by atoms with E-state index in [1.807, 2.05) is 0 Å². The zero-order valence-electron chi connectivity index (χ0n) is 12.0. The number of fused-ring (bicyclic) bond motifs is 1. The van der Waals surface area contributed by atoms with Crippen LogP contribution >= 0.6 is 11.3 Å². The summed E-state index contributed by atoms with van der Waals surface area (Å²) in [5.74, 6) is -1.65. The third-order valence-corrected chi connectivity index (χ3v) is 4.65. The smallest absolute Gasteiger partial charge is 0.310 e. The van der Waals surface area contributed by atoms with Gasteiger partial charge in [0.2, 0.25) is 0 Å². The van der Waals surface area contributed by atoms with Gasteiger partial charge in [0, 0.05) is 11.2 Å². The van der Waals surface area contributed by atoms with Crippen LogP contribution in [0.1, 0.15) is 29.1 Å². The van der Waals surface area contributed by atoms with E-state index >= 15 is 0 Å². The quantitative estimate of drug-likeness (QED) is 0.911. The molecule has 2 aromatic rings. The van der Waals surface area contributed by atoms with Crippen molar-refractivity contribution in [2.24, 2.45) is 5.41 Å². The summed E-state index contributed by atoms with van der Waals surface area (Å²) < 4.78 is 14.1. The number of aliphatic carboxylic acids is 1. The van der Waals surface area contributed by atoms with Crippen molar-refractivity contribution < 1.29 is 19.1 Å². The minimum atomic E-state index is -1.04. The highest BCUT2D eigenvalue weighted by molar-refractivity contribution is 7.21. The van der Waals surface area contributed by atoms with Crippen molar-refractivity contribution in [3.05, 3.63) is 34.5 Å². The number of carbonyl (C=O) groups is 2. The Labute approximate surface area is 125 Å². The Hall–Kier alpha value is -1.95. The first kappa shape index (κ1) is 15.4. The summed E-state index contributed by atoms with van der Waals surface area (Å²) in [5.41, 5.74) is -0.327. The van der Waals surface area contributed by atoms with Crippen LogP contribution in [0.3, 0.4) is 0 Å². The third-order valence-electron chi connectivity index (χ3n) is 3.37. The molecular weight excluding hydrogens is 293 g/mol. The van der Waals surface area contributed by atoms with Gasteiger partial charge in [0.25, 0.3) is 5.91 Å². The number of aryl methyl sites for hydroxylation is 1. The molecule has 1 heterocycles. The first-order chi connectivity index (χ1) is 9.72. The lowest BCUT2D eigenvalue weighted by Gasteiger charge is -2.19. The number of amides is 1. The molecule has 0 spiro atoms. The molecule has 2 rings (SSSR count). The monoisotopic (exact) mass is 309 g/mol. The Morgan fingerprint density at radius 2 is 2.05 bits per heavy atom. The van der Waals surface area contributed by atoms with Crippen LogP contribution in [0.5, 0.6) is 0 Å². The van der Waals surface area contributed by atoms with Gasteiger partial charge in [-0.25, -0.2) is 4.39 Å².